The molecule has 1 atom stereocenters. The van der Waals surface area contributed by atoms with Crippen LogP contribution < -0.4 is 0 Å². The number of carbonyl (C=O) groups excluding carboxylic acids is 1. The van der Waals surface area contributed by atoms with Gasteiger partial charge in [0.1, 0.15) is 0 Å². The van der Waals surface area contributed by atoms with Gasteiger partial charge in [-0.2, -0.15) is 11.8 Å². The van der Waals surface area contributed by atoms with Gasteiger partial charge >= 0.3 is 5.97 Å². The standard InChI is InChI=1S/C12H21NO3S/c1-17-9-10-5-4-8-13(10)11(14)6-2-3-7-12(15)16/h10H,2-9H2,1H3,(H,15,16). The number of hydrogen-bond acceptors (Lipinski definition) is 3. The van der Waals surface area contributed by atoms with Gasteiger partial charge in [0.15, 0.2) is 0 Å². The zero-order valence-electron chi connectivity index (χ0n) is 10.4. The van der Waals surface area contributed by atoms with Crippen molar-refractivity contribution in [3.63, 3.8) is 0 Å². The average molecular weight is 259 g/mol. The summed E-state index contributed by atoms with van der Waals surface area (Å²) in [5.74, 6) is 0.437. The van der Waals surface area contributed by atoms with Crippen molar-refractivity contribution in [1.82, 2.24) is 4.90 Å². The molecule has 0 radical (unpaired) electrons. The van der Waals surface area contributed by atoms with E-state index >= 15 is 0 Å². The van der Waals surface area contributed by atoms with E-state index in [0.717, 1.165) is 25.1 Å². The Kier molecular flexibility index (Phi) is 6.40. The number of amides is 1. The van der Waals surface area contributed by atoms with E-state index in [0.29, 0.717) is 25.3 Å². The number of likely N-dealkylation sites (tertiary alicyclic amines) is 1. The van der Waals surface area contributed by atoms with Crippen LogP contribution in [-0.4, -0.2) is 46.5 Å². The average Bonchev–Trinajstić information content (AvgIpc) is 2.72. The summed E-state index contributed by atoms with van der Waals surface area (Å²) < 4.78 is 0. The summed E-state index contributed by atoms with van der Waals surface area (Å²) in [6.45, 7) is 0.878. The van der Waals surface area contributed by atoms with Gasteiger partial charge in [0, 0.05) is 31.2 Å². The van der Waals surface area contributed by atoms with Gasteiger partial charge in [-0.05, 0) is 31.9 Å². The summed E-state index contributed by atoms with van der Waals surface area (Å²) in [6.07, 6.45) is 6.23. The summed E-state index contributed by atoms with van der Waals surface area (Å²) in [5.41, 5.74) is 0. The number of carboxylic acid groups (broad SMARTS) is 1. The molecule has 98 valence electrons. The minimum absolute atomic E-state index is 0.168. The normalized spacial score (nSPS) is 19.6. The Morgan fingerprint density at radius 1 is 1.35 bits per heavy atom. The molecule has 1 unspecified atom stereocenters. The highest BCUT2D eigenvalue weighted by molar-refractivity contribution is 7.98. The number of aliphatic carboxylic acids is 1. The van der Waals surface area contributed by atoms with Crippen LogP contribution in [0, 0.1) is 0 Å². The second-order valence-electron chi connectivity index (χ2n) is 4.44. The van der Waals surface area contributed by atoms with E-state index in [4.69, 9.17) is 5.11 Å². The van der Waals surface area contributed by atoms with Gasteiger partial charge in [-0.1, -0.05) is 0 Å². The van der Waals surface area contributed by atoms with Crippen LogP contribution in [0.2, 0.25) is 0 Å². The predicted octanol–water partition coefficient (Wildman–Crippen LogP) is 1.99. The summed E-state index contributed by atoms with van der Waals surface area (Å²) >= 11 is 1.78. The van der Waals surface area contributed by atoms with Crippen molar-refractivity contribution >= 4 is 23.6 Å². The number of nitrogens with zero attached hydrogens (tertiary/aromatic N) is 1. The van der Waals surface area contributed by atoms with E-state index in [-0.39, 0.29) is 12.3 Å². The minimum Gasteiger partial charge on any atom is -0.481 e. The molecule has 4 nitrogen and oxygen atoms in total. The molecule has 1 aliphatic rings. The molecule has 0 aromatic heterocycles. The number of carbonyl (C=O) groups is 2. The molecular weight excluding hydrogens is 238 g/mol. The van der Waals surface area contributed by atoms with Crippen LogP contribution in [0.1, 0.15) is 38.5 Å². The monoisotopic (exact) mass is 259 g/mol. The van der Waals surface area contributed by atoms with E-state index in [9.17, 15) is 9.59 Å². The molecule has 0 bridgehead atoms. The van der Waals surface area contributed by atoms with Crippen LogP contribution in [-0.2, 0) is 9.59 Å². The summed E-state index contributed by atoms with van der Waals surface area (Å²) in [6, 6.07) is 0.400. The highest BCUT2D eigenvalue weighted by atomic mass is 32.2. The van der Waals surface area contributed by atoms with Crippen molar-refractivity contribution < 1.29 is 14.7 Å². The number of thioether (sulfide) groups is 1. The third-order valence-electron chi connectivity index (χ3n) is 3.09. The molecule has 1 rings (SSSR count). The fourth-order valence-corrected chi connectivity index (χ4v) is 2.96. The molecule has 1 saturated heterocycles. The summed E-state index contributed by atoms with van der Waals surface area (Å²) in [4.78, 5) is 24.3. The largest absolute Gasteiger partial charge is 0.481 e. The van der Waals surface area contributed by atoms with Crippen molar-refractivity contribution in [2.45, 2.75) is 44.6 Å². The molecule has 1 N–H and O–H groups in total. The Labute approximate surface area is 107 Å². The van der Waals surface area contributed by atoms with Crippen LogP contribution in [0.15, 0.2) is 0 Å². The molecule has 0 aromatic rings. The molecule has 5 heteroatoms. The molecule has 1 aliphatic heterocycles. The molecule has 0 saturated carbocycles. The fourth-order valence-electron chi connectivity index (χ4n) is 2.23. The smallest absolute Gasteiger partial charge is 0.303 e. The topological polar surface area (TPSA) is 57.6 Å². The quantitative estimate of drug-likeness (QED) is 0.710. The Morgan fingerprint density at radius 2 is 2.06 bits per heavy atom. The lowest BCUT2D eigenvalue weighted by molar-refractivity contribution is -0.137. The molecule has 0 aromatic carbocycles. The van der Waals surface area contributed by atoms with E-state index in [2.05, 4.69) is 6.26 Å². The number of hydrogen-bond donors (Lipinski definition) is 1. The second-order valence-corrected chi connectivity index (χ2v) is 5.35. The maximum atomic E-state index is 11.9. The number of unbranched alkanes of at least 4 members (excludes halogenated alkanes) is 1. The number of carboxylic acids is 1. The highest BCUT2D eigenvalue weighted by Crippen LogP contribution is 2.21. The molecule has 17 heavy (non-hydrogen) atoms. The SMILES string of the molecule is CSCC1CCCN1C(=O)CCCCC(=O)O. The lowest BCUT2D eigenvalue weighted by Gasteiger charge is -2.24. The third kappa shape index (κ3) is 4.98. The van der Waals surface area contributed by atoms with E-state index in [1.807, 2.05) is 4.90 Å². The van der Waals surface area contributed by atoms with Gasteiger partial charge in [0.2, 0.25) is 5.91 Å². The molecular formula is C12H21NO3S. The predicted molar refractivity (Wildman–Crippen MR) is 69.2 cm³/mol. The number of rotatable bonds is 7. The van der Waals surface area contributed by atoms with Crippen LogP contribution in [0.4, 0.5) is 0 Å². The van der Waals surface area contributed by atoms with E-state index in [1.165, 1.54) is 0 Å². The Balaban J connectivity index is 2.24. The van der Waals surface area contributed by atoms with Crippen molar-refractivity contribution in [2.24, 2.45) is 0 Å². The van der Waals surface area contributed by atoms with Crippen molar-refractivity contribution in [2.75, 3.05) is 18.6 Å². The first kappa shape index (κ1) is 14.4. The zero-order valence-corrected chi connectivity index (χ0v) is 11.2. The maximum Gasteiger partial charge on any atom is 0.303 e. The van der Waals surface area contributed by atoms with E-state index in [1.54, 1.807) is 11.8 Å². The molecule has 1 heterocycles. The lowest BCUT2D eigenvalue weighted by Crippen LogP contribution is -2.36. The van der Waals surface area contributed by atoms with Crippen molar-refractivity contribution in [3.8, 4) is 0 Å². The summed E-state index contributed by atoms with van der Waals surface area (Å²) in [7, 11) is 0. The van der Waals surface area contributed by atoms with Gasteiger partial charge in [-0.3, -0.25) is 9.59 Å². The Morgan fingerprint density at radius 3 is 2.71 bits per heavy atom. The molecule has 1 amide bonds. The van der Waals surface area contributed by atoms with Gasteiger partial charge in [0.05, 0.1) is 0 Å². The first-order valence-corrected chi connectivity index (χ1v) is 7.54. The van der Waals surface area contributed by atoms with Gasteiger partial charge in [0.25, 0.3) is 0 Å². The van der Waals surface area contributed by atoms with Crippen molar-refractivity contribution in [3.05, 3.63) is 0 Å². The summed E-state index contributed by atoms with van der Waals surface area (Å²) in [5, 5.41) is 8.50. The van der Waals surface area contributed by atoms with Crippen LogP contribution in [0.25, 0.3) is 0 Å². The van der Waals surface area contributed by atoms with Gasteiger partial charge in [-0.25, -0.2) is 0 Å². The van der Waals surface area contributed by atoms with Gasteiger partial charge < -0.3 is 10.0 Å². The second kappa shape index (κ2) is 7.58. The molecule has 1 fully saturated rings. The Bertz CT molecular complexity index is 270. The first-order valence-electron chi connectivity index (χ1n) is 6.15. The third-order valence-corrected chi connectivity index (χ3v) is 3.81. The fraction of sp³-hybridized carbons (Fsp3) is 0.833. The first-order chi connectivity index (χ1) is 8.15. The highest BCUT2D eigenvalue weighted by Gasteiger charge is 2.27. The van der Waals surface area contributed by atoms with Crippen molar-refractivity contribution in [1.29, 1.82) is 0 Å². The van der Waals surface area contributed by atoms with E-state index < -0.39 is 5.97 Å². The lowest BCUT2D eigenvalue weighted by atomic mass is 10.1. The maximum absolute atomic E-state index is 11.9. The molecule has 0 spiro atoms. The minimum atomic E-state index is -0.779. The van der Waals surface area contributed by atoms with Crippen LogP contribution in [0.3, 0.4) is 0 Å². The zero-order chi connectivity index (χ0) is 12.7. The van der Waals surface area contributed by atoms with Gasteiger partial charge in [-0.15, -0.1) is 0 Å². The van der Waals surface area contributed by atoms with Crippen LogP contribution >= 0.6 is 11.8 Å². The van der Waals surface area contributed by atoms with Crippen LogP contribution in [0.5, 0.6) is 0 Å². The Hall–Kier alpha value is -0.710. The molecule has 0 aliphatic carbocycles.